The third kappa shape index (κ3) is 8.88. The topological polar surface area (TPSA) is 81.4 Å². The second-order valence-corrected chi connectivity index (χ2v) is 6.44. The highest BCUT2D eigenvalue weighted by Crippen LogP contribution is 2.14. The predicted octanol–water partition coefficient (Wildman–Crippen LogP) is 4.37. The van der Waals surface area contributed by atoms with Crippen LogP contribution in [0.5, 0.6) is 0 Å². The molecule has 0 aliphatic rings. The number of hydrogen-bond donors (Lipinski definition) is 2. The van der Waals surface area contributed by atoms with Crippen molar-refractivity contribution < 1.29 is 14.3 Å². The second kappa shape index (κ2) is 13.9. The molecular formula is C25H32N2O3. The molecule has 5 heteroatoms. The van der Waals surface area contributed by atoms with Gasteiger partial charge in [-0.2, -0.15) is 0 Å². The number of ether oxygens (including phenoxy) is 1. The van der Waals surface area contributed by atoms with E-state index in [2.05, 4.69) is 54.7 Å². The Morgan fingerprint density at radius 3 is 2.17 bits per heavy atom. The molecule has 3 N–H and O–H groups in total. The van der Waals surface area contributed by atoms with E-state index in [9.17, 15) is 9.59 Å². The molecular weight excluding hydrogens is 376 g/mol. The minimum Gasteiger partial charge on any atom is -0.459 e. The molecule has 0 aliphatic heterocycles. The number of carbonyl (C=O) groups is 2. The lowest BCUT2D eigenvalue weighted by atomic mass is 10.1. The number of hydrogen-bond acceptors (Lipinski definition) is 4. The van der Waals surface area contributed by atoms with Crippen molar-refractivity contribution in [3.8, 4) is 0 Å². The number of carbonyl (C=O) groups excluding carboxylic acids is 2. The Morgan fingerprint density at radius 2 is 1.53 bits per heavy atom. The molecule has 0 aliphatic carbocycles. The zero-order chi connectivity index (χ0) is 22.4. The van der Waals surface area contributed by atoms with Crippen molar-refractivity contribution in [1.29, 1.82) is 0 Å². The molecule has 0 bridgehead atoms. The summed E-state index contributed by atoms with van der Waals surface area (Å²) in [6.45, 7) is 7.73. The van der Waals surface area contributed by atoms with Crippen LogP contribution in [0.25, 0.3) is 10.8 Å². The third-order valence-electron chi connectivity index (χ3n) is 4.05. The number of aryl methyl sites for hydroxylation is 1. The van der Waals surface area contributed by atoms with Gasteiger partial charge in [-0.25, -0.2) is 4.79 Å². The fourth-order valence-corrected chi connectivity index (χ4v) is 2.52. The Kier molecular flexibility index (Phi) is 11.5. The van der Waals surface area contributed by atoms with Crippen LogP contribution in [0.2, 0.25) is 0 Å². The van der Waals surface area contributed by atoms with Crippen LogP contribution < -0.4 is 11.1 Å². The molecule has 1 atom stereocenters. The quantitative estimate of drug-likeness (QED) is 0.614. The second-order valence-electron chi connectivity index (χ2n) is 6.44. The lowest BCUT2D eigenvalue weighted by Crippen LogP contribution is -2.42. The standard InChI is InChI=1S/C12H16N2O3.C11H10.C2H6/c1-9(14-11(15)7-13)12(16)17-8-10-5-3-2-4-6-10;1-9-6-7-10-4-2-3-5-11(10)8-9;1-2/h2-6,9H,7-8,13H2,1H3,(H,14,15);2-8H,1H3;1-2H3/t9-;;/m0../s1. The highest BCUT2D eigenvalue weighted by molar-refractivity contribution is 5.85. The molecule has 0 saturated heterocycles. The summed E-state index contributed by atoms with van der Waals surface area (Å²) in [5.74, 6) is -0.857. The van der Waals surface area contributed by atoms with Gasteiger partial charge in [-0.3, -0.25) is 4.79 Å². The zero-order valence-electron chi connectivity index (χ0n) is 18.2. The fourth-order valence-electron chi connectivity index (χ4n) is 2.52. The number of nitrogens with two attached hydrogens (primary N) is 1. The number of amides is 1. The van der Waals surface area contributed by atoms with Gasteiger partial charge in [-0.1, -0.05) is 92.2 Å². The van der Waals surface area contributed by atoms with E-state index in [4.69, 9.17) is 10.5 Å². The monoisotopic (exact) mass is 408 g/mol. The van der Waals surface area contributed by atoms with Crippen LogP contribution in [0.4, 0.5) is 0 Å². The maximum Gasteiger partial charge on any atom is 0.328 e. The molecule has 0 heterocycles. The van der Waals surface area contributed by atoms with Gasteiger partial charge >= 0.3 is 5.97 Å². The number of benzene rings is 3. The summed E-state index contributed by atoms with van der Waals surface area (Å²) < 4.78 is 5.04. The molecule has 0 unspecified atom stereocenters. The van der Waals surface area contributed by atoms with E-state index in [-0.39, 0.29) is 19.1 Å². The van der Waals surface area contributed by atoms with Crippen LogP contribution in [0.3, 0.4) is 0 Å². The van der Waals surface area contributed by atoms with E-state index >= 15 is 0 Å². The first-order valence-electron chi connectivity index (χ1n) is 10.1. The Bertz CT molecular complexity index is 910. The van der Waals surface area contributed by atoms with Crippen molar-refractivity contribution in [3.05, 3.63) is 83.9 Å². The van der Waals surface area contributed by atoms with Crippen molar-refractivity contribution >= 4 is 22.6 Å². The maximum atomic E-state index is 11.5. The summed E-state index contributed by atoms with van der Waals surface area (Å²) >= 11 is 0. The minimum absolute atomic E-state index is 0.143. The average molecular weight is 409 g/mol. The Hall–Kier alpha value is -3.18. The van der Waals surface area contributed by atoms with Crippen LogP contribution in [-0.2, 0) is 20.9 Å². The van der Waals surface area contributed by atoms with E-state index in [0.29, 0.717) is 0 Å². The summed E-state index contributed by atoms with van der Waals surface area (Å²) in [6, 6.07) is 23.6. The van der Waals surface area contributed by atoms with Crippen molar-refractivity contribution in [2.45, 2.75) is 40.3 Å². The van der Waals surface area contributed by atoms with Gasteiger partial charge in [-0.05, 0) is 30.2 Å². The van der Waals surface area contributed by atoms with Crippen LogP contribution in [0, 0.1) is 6.92 Å². The molecule has 160 valence electrons. The Labute approximate surface area is 179 Å². The molecule has 30 heavy (non-hydrogen) atoms. The lowest BCUT2D eigenvalue weighted by molar-refractivity contribution is -0.148. The van der Waals surface area contributed by atoms with Gasteiger partial charge in [0.25, 0.3) is 0 Å². The van der Waals surface area contributed by atoms with Gasteiger partial charge in [0, 0.05) is 0 Å². The number of fused-ring (bicyclic) bond motifs is 1. The highest BCUT2D eigenvalue weighted by atomic mass is 16.5. The van der Waals surface area contributed by atoms with Crippen LogP contribution in [0.1, 0.15) is 31.9 Å². The van der Waals surface area contributed by atoms with E-state index in [1.54, 1.807) is 6.92 Å². The van der Waals surface area contributed by atoms with Crippen molar-refractivity contribution in [2.24, 2.45) is 5.73 Å². The first kappa shape index (κ1) is 24.9. The summed E-state index contributed by atoms with van der Waals surface area (Å²) in [7, 11) is 0. The van der Waals surface area contributed by atoms with Crippen molar-refractivity contribution in [2.75, 3.05) is 6.54 Å². The number of rotatable bonds is 5. The molecule has 0 spiro atoms. The third-order valence-corrected chi connectivity index (χ3v) is 4.05. The fraction of sp³-hybridized carbons (Fsp3) is 0.280. The van der Waals surface area contributed by atoms with Crippen LogP contribution in [-0.4, -0.2) is 24.5 Å². The smallest absolute Gasteiger partial charge is 0.328 e. The molecule has 0 saturated carbocycles. The lowest BCUT2D eigenvalue weighted by Gasteiger charge is -2.12. The summed E-state index contributed by atoms with van der Waals surface area (Å²) in [4.78, 5) is 22.4. The zero-order valence-corrected chi connectivity index (χ0v) is 18.2. The molecule has 3 aromatic rings. The Morgan fingerprint density at radius 1 is 0.933 bits per heavy atom. The molecule has 0 fully saturated rings. The van der Waals surface area contributed by atoms with E-state index in [1.807, 2.05) is 44.2 Å². The van der Waals surface area contributed by atoms with E-state index in [0.717, 1.165) is 5.56 Å². The van der Waals surface area contributed by atoms with Crippen molar-refractivity contribution in [1.82, 2.24) is 5.32 Å². The predicted molar refractivity (Wildman–Crippen MR) is 123 cm³/mol. The Balaban J connectivity index is 0.000000296. The number of esters is 1. The molecule has 5 nitrogen and oxygen atoms in total. The van der Waals surface area contributed by atoms with E-state index < -0.39 is 12.0 Å². The van der Waals surface area contributed by atoms with Gasteiger partial charge in [0.1, 0.15) is 12.6 Å². The molecule has 0 radical (unpaired) electrons. The summed E-state index contributed by atoms with van der Waals surface area (Å²) in [6.07, 6.45) is 0. The van der Waals surface area contributed by atoms with Crippen LogP contribution in [0.15, 0.2) is 72.8 Å². The first-order valence-corrected chi connectivity index (χ1v) is 10.1. The van der Waals surface area contributed by atoms with Crippen molar-refractivity contribution in [3.63, 3.8) is 0 Å². The minimum atomic E-state index is -0.685. The van der Waals surface area contributed by atoms with Crippen LogP contribution >= 0.6 is 0 Å². The SMILES string of the molecule is CC.C[C@H](NC(=O)CN)C(=O)OCc1ccccc1.Cc1ccc2ccccc2c1. The molecule has 3 rings (SSSR count). The number of nitrogens with one attached hydrogen (secondary N) is 1. The summed E-state index contributed by atoms with van der Waals surface area (Å²) in [5.41, 5.74) is 7.35. The molecule has 3 aromatic carbocycles. The van der Waals surface area contributed by atoms with Gasteiger partial charge in [0.15, 0.2) is 0 Å². The average Bonchev–Trinajstić information content (AvgIpc) is 2.79. The largest absolute Gasteiger partial charge is 0.459 e. The summed E-state index contributed by atoms with van der Waals surface area (Å²) in [5, 5.41) is 5.07. The van der Waals surface area contributed by atoms with E-state index in [1.165, 1.54) is 16.3 Å². The van der Waals surface area contributed by atoms with Gasteiger partial charge < -0.3 is 15.8 Å². The molecule has 0 aromatic heterocycles. The van der Waals surface area contributed by atoms with Gasteiger partial charge in [0.05, 0.1) is 6.54 Å². The van der Waals surface area contributed by atoms with Gasteiger partial charge in [0.2, 0.25) is 5.91 Å². The highest BCUT2D eigenvalue weighted by Gasteiger charge is 2.16. The van der Waals surface area contributed by atoms with Gasteiger partial charge in [-0.15, -0.1) is 0 Å². The normalized spacial score (nSPS) is 10.6. The first-order chi connectivity index (χ1) is 14.5. The molecule has 1 amide bonds. The maximum absolute atomic E-state index is 11.5.